The molecule has 156 valence electrons. The van der Waals surface area contributed by atoms with Crippen molar-refractivity contribution in [1.29, 1.82) is 0 Å². The Kier molecular flexibility index (Phi) is 6.92. The summed E-state index contributed by atoms with van der Waals surface area (Å²) < 4.78 is 45.7. The molecule has 1 N–H and O–H groups in total. The Morgan fingerprint density at radius 3 is 2.48 bits per heavy atom. The van der Waals surface area contributed by atoms with Crippen molar-refractivity contribution in [2.75, 3.05) is 13.1 Å². The van der Waals surface area contributed by atoms with Crippen LogP contribution in [0.15, 0.2) is 51.8 Å². The lowest BCUT2D eigenvalue weighted by Gasteiger charge is -2.17. The molecule has 0 saturated carbocycles. The zero-order valence-electron chi connectivity index (χ0n) is 15.9. The molecule has 3 rings (SSSR count). The van der Waals surface area contributed by atoms with Crippen molar-refractivity contribution < 1.29 is 22.3 Å². The second kappa shape index (κ2) is 9.23. The van der Waals surface area contributed by atoms with Crippen molar-refractivity contribution in [3.8, 4) is 5.75 Å². The molecule has 0 aromatic heterocycles. The summed E-state index contributed by atoms with van der Waals surface area (Å²) in [5.74, 6) is -0.378. The van der Waals surface area contributed by atoms with Gasteiger partial charge in [-0.3, -0.25) is 4.79 Å². The molecule has 1 amide bonds. The Bertz CT molecular complexity index is 976. The second-order valence-electron chi connectivity index (χ2n) is 6.81. The molecule has 2 aromatic carbocycles. The van der Waals surface area contributed by atoms with Gasteiger partial charge < -0.3 is 10.1 Å². The van der Waals surface area contributed by atoms with E-state index in [1.54, 1.807) is 31.2 Å². The monoisotopic (exact) mass is 484 g/mol. The first kappa shape index (κ1) is 21.7. The number of nitrogens with one attached hydrogen (secondary N) is 1. The Labute approximate surface area is 178 Å². The first-order chi connectivity index (χ1) is 13.8. The minimum Gasteiger partial charge on any atom is -0.480 e. The number of hydrogen-bond donors (Lipinski definition) is 1. The SMILES string of the molecule is CC(Oc1ccc(F)cc1Br)C(=O)NCc1ccc(S(=O)(=O)N2CCCC2)cc1. The first-order valence-electron chi connectivity index (χ1n) is 9.26. The molecule has 1 aliphatic heterocycles. The van der Waals surface area contributed by atoms with Crippen LogP contribution in [0.3, 0.4) is 0 Å². The van der Waals surface area contributed by atoms with E-state index in [2.05, 4.69) is 21.2 Å². The maximum absolute atomic E-state index is 13.1. The van der Waals surface area contributed by atoms with Gasteiger partial charge in [-0.25, -0.2) is 12.8 Å². The van der Waals surface area contributed by atoms with Crippen LogP contribution in [0.2, 0.25) is 0 Å². The van der Waals surface area contributed by atoms with Crippen LogP contribution < -0.4 is 10.1 Å². The van der Waals surface area contributed by atoms with Gasteiger partial charge in [-0.1, -0.05) is 12.1 Å². The van der Waals surface area contributed by atoms with E-state index in [-0.39, 0.29) is 17.3 Å². The number of sulfonamides is 1. The summed E-state index contributed by atoms with van der Waals surface area (Å²) in [6.45, 7) is 2.95. The van der Waals surface area contributed by atoms with Crippen LogP contribution in [0.4, 0.5) is 4.39 Å². The largest absolute Gasteiger partial charge is 0.480 e. The van der Waals surface area contributed by atoms with Crippen molar-refractivity contribution in [3.63, 3.8) is 0 Å². The van der Waals surface area contributed by atoms with E-state index < -0.39 is 21.9 Å². The molecule has 0 spiro atoms. The van der Waals surface area contributed by atoms with Gasteiger partial charge in [0.2, 0.25) is 10.0 Å². The number of amides is 1. The summed E-state index contributed by atoms with van der Waals surface area (Å²) in [6, 6.07) is 10.5. The summed E-state index contributed by atoms with van der Waals surface area (Å²) in [7, 11) is -3.45. The molecule has 9 heteroatoms. The molecule has 1 unspecified atom stereocenters. The average molecular weight is 485 g/mol. The van der Waals surface area contributed by atoms with E-state index in [1.165, 1.54) is 22.5 Å². The summed E-state index contributed by atoms with van der Waals surface area (Å²) in [5, 5.41) is 2.75. The summed E-state index contributed by atoms with van der Waals surface area (Å²) in [6.07, 6.45) is 0.988. The number of benzene rings is 2. The lowest BCUT2D eigenvalue weighted by Crippen LogP contribution is -2.36. The average Bonchev–Trinajstić information content (AvgIpc) is 3.24. The Morgan fingerprint density at radius 1 is 1.21 bits per heavy atom. The van der Waals surface area contributed by atoms with Crippen LogP contribution in [0, 0.1) is 5.82 Å². The van der Waals surface area contributed by atoms with Crippen molar-refractivity contribution in [2.24, 2.45) is 0 Å². The molecule has 0 aliphatic carbocycles. The van der Waals surface area contributed by atoms with Crippen LogP contribution in [-0.2, 0) is 21.4 Å². The number of hydrogen-bond acceptors (Lipinski definition) is 4. The summed E-state index contributed by atoms with van der Waals surface area (Å²) in [4.78, 5) is 12.5. The number of ether oxygens (including phenoxy) is 1. The van der Waals surface area contributed by atoms with Crippen molar-refractivity contribution in [2.45, 2.75) is 37.3 Å². The molecule has 1 saturated heterocycles. The van der Waals surface area contributed by atoms with E-state index in [1.807, 2.05) is 0 Å². The van der Waals surface area contributed by atoms with Gasteiger partial charge in [0.25, 0.3) is 5.91 Å². The van der Waals surface area contributed by atoms with E-state index in [0.717, 1.165) is 18.4 Å². The summed E-state index contributed by atoms with van der Waals surface area (Å²) in [5.41, 5.74) is 0.772. The lowest BCUT2D eigenvalue weighted by atomic mass is 10.2. The third-order valence-corrected chi connectivity index (χ3v) is 7.19. The maximum atomic E-state index is 13.1. The molecule has 1 fully saturated rings. The third-order valence-electron chi connectivity index (χ3n) is 4.66. The van der Waals surface area contributed by atoms with Crippen LogP contribution in [0.5, 0.6) is 5.75 Å². The molecule has 6 nitrogen and oxygen atoms in total. The topological polar surface area (TPSA) is 75.7 Å². The van der Waals surface area contributed by atoms with Crippen LogP contribution in [-0.4, -0.2) is 37.8 Å². The normalized spacial score (nSPS) is 15.8. The first-order valence-corrected chi connectivity index (χ1v) is 11.5. The molecular formula is C20H22BrFN2O4S. The van der Waals surface area contributed by atoms with Crippen molar-refractivity contribution in [1.82, 2.24) is 9.62 Å². The third kappa shape index (κ3) is 5.34. The van der Waals surface area contributed by atoms with Gasteiger partial charge in [0.05, 0.1) is 9.37 Å². The van der Waals surface area contributed by atoms with E-state index in [9.17, 15) is 17.6 Å². The van der Waals surface area contributed by atoms with E-state index >= 15 is 0 Å². The minimum atomic E-state index is -3.45. The molecule has 29 heavy (non-hydrogen) atoms. The fourth-order valence-electron chi connectivity index (χ4n) is 3.00. The van der Waals surface area contributed by atoms with Crippen molar-refractivity contribution in [3.05, 3.63) is 58.3 Å². The maximum Gasteiger partial charge on any atom is 0.261 e. The van der Waals surface area contributed by atoms with E-state index in [0.29, 0.717) is 23.3 Å². The number of halogens is 2. The number of rotatable bonds is 7. The highest BCUT2D eigenvalue weighted by atomic mass is 79.9. The van der Waals surface area contributed by atoms with Crippen LogP contribution in [0.1, 0.15) is 25.3 Å². The molecule has 1 atom stereocenters. The smallest absolute Gasteiger partial charge is 0.261 e. The van der Waals surface area contributed by atoms with Gasteiger partial charge in [0, 0.05) is 19.6 Å². The van der Waals surface area contributed by atoms with Gasteiger partial charge in [-0.2, -0.15) is 4.31 Å². The van der Waals surface area contributed by atoms with Gasteiger partial charge >= 0.3 is 0 Å². The highest BCUT2D eigenvalue weighted by Crippen LogP contribution is 2.26. The quantitative estimate of drug-likeness (QED) is 0.652. The number of carbonyl (C=O) groups excluding carboxylic acids is 1. The molecule has 1 aliphatic rings. The van der Waals surface area contributed by atoms with Crippen LogP contribution in [0.25, 0.3) is 0 Å². The molecule has 1 heterocycles. The lowest BCUT2D eigenvalue weighted by molar-refractivity contribution is -0.127. The number of carbonyl (C=O) groups is 1. The van der Waals surface area contributed by atoms with E-state index in [4.69, 9.17) is 4.74 Å². The molecule has 0 radical (unpaired) electrons. The van der Waals surface area contributed by atoms with Crippen molar-refractivity contribution >= 4 is 31.9 Å². The summed E-state index contributed by atoms with van der Waals surface area (Å²) >= 11 is 3.20. The highest BCUT2D eigenvalue weighted by molar-refractivity contribution is 9.10. The van der Waals surface area contributed by atoms with Gasteiger partial charge in [0.1, 0.15) is 11.6 Å². The molecule has 2 aromatic rings. The fraction of sp³-hybridized carbons (Fsp3) is 0.350. The zero-order chi connectivity index (χ0) is 21.0. The Balaban J connectivity index is 1.56. The number of nitrogens with zero attached hydrogens (tertiary/aromatic N) is 1. The van der Waals surface area contributed by atoms with Gasteiger partial charge in [0.15, 0.2) is 6.10 Å². The Morgan fingerprint density at radius 2 is 1.86 bits per heavy atom. The minimum absolute atomic E-state index is 0.237. The highest BCUT2D eigenvalue weighted by Gasteiger charge is 2.26. The predicted octanol–water partition coefficient (Wildman–Crippen LogP) is 3.46. The predicted molar refractivity (Wildman–Crippen MR) is 110 cm³/mol. The molecule has 0 bridgehead atoms. The standard InChI is InChI=1S/C20H22BrFN2O4S/c1-14(28-19-9-6-16(22)12-18(19)21)20(25)23-13-15-4-7-17(8-5-15)29(26,27)24-10-2-3-11-24/h4-9,12,14H,2-3,10-11,13H2,1H3,(H,23,25). The zero-order valence-corrected chi connectivity index (χ0v) is 18.3. The van der Waals surface area contributed by atoms with Gasteiger partial charge in [-0.15, -0.1) is 0 Å². The van der Waals surface area contributed by atoms with Crippen LogP contribution >= 0.6 is 15.9 Å². The Hall–Kier alpha value is -1.97. The fourth-order valence-corrected chi connectivity index (χ4v) is 4.97. The second-order valence-corrected chi connectivity index (χ2v) is 9.60. The van der Waals surface area contributed by atoms with Gasteiger partial charge in [-0.05, 0) is 71.6 Å². The molecular weight excluding hydrogens is 463 g/mol.